The van der Waals surface area contributed by atoms with Crippen LogP contribution >= 0.6 is 0 Å². The SMILES string of the molecule is CCC(C)N1CC(CNC)CN(C)S1(=O)=O. The molecule has 5 nitrogen and oxygen atoms in total. The molecule has 6 heteroatoms. The van der Waals surface area contributed by atoms with Gasteiger partial charge in [-0.05, 0) is 26.3 Å². The molecule has 1 saturated heterocycles. The summed E-state index contributed by atoms with van der Waals surface area (Å²) in [6.45, 7) is 6.07. The van der Waals surface area contributed by atoms with Crippen LogP contribution in [0.25, 0.3) is 0 Å². The highest BCUT2D eigenvalue weighted by molar-refractivity contribution is 7.86. The van der Waals surface area contributed by atoms with Crippen LogP contribution in [-0.2, 0) is 10.2 Å². The Morgan fingerprint density at radius 2 is 2.06 bits per heavy atom. The predicted octanol–water partition coefficient (Wildman–Crippen LogP) is 0.113. The third kappa shape index (κ3) is 2.74. The molecule has 0 spiro atoms. The van der Waals surface area contributed by atoms with E-state index in [1.54, 1.807) is 11.4 Å². The number of hydrogen-bond donors (Lipinski definition) is 1. The third-order valence-corrected chi connectivity index (χ3v) is 5.26. The summed E-state index contributed by atoms with van der Waals surface area (Å²) in [6.07, 6.45) is 0.847. The number of nitrogens with zero attached hydrogens (tertiary/aromatic N) is 2. The van der Waals surface area contributed by atoms with Gasteiger partial charge >= 0.3 is 0 Å². The average Bonchev–Trinajstić information content (AvgIpc) is 2.22. The first-order valence-corrected chi connectivity index (χ1v) is 7.20. The Morgan fingerprint density at radius 1 is 1.44 bits per heavy atom. The lowest BCUT2D eigenvalue weighted by Crippen LogP contribution is -2.56. The summed E-state index contributed by atoms with van der Waals surface area (Å²) in [5, 5.41) is 3.11. The van der Waals surface area contributed by atoms with Crippen molar-refractivity contribution in [2.75, 3.05) is 33.7 Å². The Kier molecular flexibility index (Phi) is 4.73. The molecule has 0 aromatic heterocycles. The van der Waals surface area contributed by atoms with Gasteiger partial charge in [-0.15, -0.1) is 0 Å². The van der Waals surface area contributed by atoms with Crippen molar-refractivity contribution in [1.82, 2.24) is 13.9 Å². The minimum absolute atomic E-state index is 0.0760. The topological polar surface area (TPSA) is 52.6 Å². The van der Waals surface area contributed by atoms with Crippen molar-refractivity contribution in [3.63, 3.8) is 0 Å². The number of rotatable bonds is 4. The first kappa shape index (κ1) is 13.9. The van der Waals surface area contributed by atoms with E-state index in [2.05, 4.69) is 5.32 Å². The second-order valence-electron chi connectivity index (χ2n) is 4.54. The molecule has 1 aliphatic heterocycles. The first-order valence-electron chi connectivity index (χ1n) is 5.81. The minimum Gasteiger partial charge on any atom is -0.319 e. The molecule has 0 amide bonds. The van der Waals surface area contributed by atoms with Crippen molar-refractivity contribution in [1.29, 1.82) is 0 Å². The van der Waals surface area contributed by atoms with Gasteiger partial charge in [0.1, 0.15) is 0 Å². The predicted molar refractivity (Wildman–Crippen MR) is 65.4 cm³/mol. The summed E-state index contributed by atoms with van der Waals surface area (Å²) in [5.41, 5.74) is 0. The van der Waals surface area contributed by atoms with Gasteiger partial charge in [0.05, 0.1) is 0 Å². The Bertz CT molecular complexity index is 318. The average molecular weight is 249 g/mol. The van der Waals surface area contributed by atoms with Crippen molar-refractivity contribution in [2.24, 2.45) is 5.92 Å². The highest BCUT2D eigenvalue weighted by Crippen LogP contribution is 2.21. The monoisotopic (exact) mass is 249 g/mol. The molecule has 0 radical (unpaired) electrons. The number of nitrogens with one attached hydrogen (secondary N) is 1. The highest BCUT2D eigenvalue weighted by atomic mass is 32.2. The van der Waals surface area contributed by atoms with Crippen LogP contribution in [0.3, 0.4) is 0 Å². The van der Waals surface area contributed by atoms with Gasteiger partial charge in [0.2, 0.25) is 0 Å². The molecule has 2 atom stereocenters. The van der Waals surface area contributed by atoms with E-state index in [4.69, 9.17) is 0 Å². The molecule has 2 unspecified atom stereocenters. The van der Waals surface area contributed by atoms with Crippen molar-refractivity contribution in [3.8, 4) is 0 Å². The fraction of sp³-hybridized carbons (Fsp3) is 1.00. The Morgan fingerprint density at radius 3 is 2.56 bits per heavy atom. The maximum Gasteiger partial charge on any atom is 0.281 e. The van der Waals surface area contributed by atoms with E-state index in [0.29, 0.717) is 19.0 Å². The van der Waals surface area contributed by atoms with Crippen molar-refractivity contribution >= 4 is 10.2 Å². The summed E-state index contributed by atoms with van der Waals surface area (Å²) in [6, 6.07) is 0.0760. The summed E-state index contributed by atoms with van der Waals surface area (Å²) in [7, 11) is 0.333. The van der Waals surface area contributed by atoms with Crippen LogP contribution in [0.5, 0.6) is 0 Å². The lowest BCUT2D eigenvalue weighted by Gasteiger charge is -2.40. The first-order chi connectivity index (χ1) is 7.43. The molecule has 1 rings (SSSR count). The van der Waals surface area contributed by atoms with Gasteiger partial charge in [0, 0.05) is 32.7 Å². The summed E-state index contributed by atoms with van der Waals surface area (Å²) in [4.78, 5) is 0. The number of hydrogen-bond acceptors (Lipinski definition) is 3. The molecular weight excluding hydrogens is 226 g/mol. The molecule has 0 aromatic rings. The van der Waals surface area contributed by atoms with E-state index in [1.165, 1.54) is 4.31 Å². The van der Waals surface area contributed by atoms with Gasteiger partial charge in [0.25, 0.3) is 10.2 Å². The van der Waals surface area contributed by atoms with Crippen LogP contribution in [0.4, 0.5) is 0 Å². The lowest BCUT2D eigenvalue weighted by atomic mass is 10.1. The largest absolute Gasteiger partial charge is 0.319 e. The minimum atomic E-state index is -3.23. The molecule has 1 heterocycles. The van der Waals surface area contributed by atoms with Crippen molar-refractivity contribution < 1.29 is 8.42 Å². The van der Waals surface area contributed by atoms with Gasteiger partial charge in [-0.3, -0.25) is 0 Å². The molecule has 0 saturated carbocycles. The smallest absolute Gasteiger partial charge is 0.281 e. The molecule has 1 aliphatic rings. The van der Waals surface area contributed by atoms with Gasteiger partial charge in [-0.2, -0.15) is 17.0 Å². The van der Waals surface area contributed by atoms with E-state index in [1.807, 2.05) is 20.9 Å². The van der Waals surface area contributed by atoms with Crippen LogP contribution in [0.15, 0.2) is 0 Å². The summed E-state index contributed by atoms with van der Waals surface area (Å²) < 4.78 is 27.3. The molecule has 0 bridgehead atoms. The van der Waals surface area contributed by atoms with Crippen LogP contribution in [0.1, 0.15) is 20.3 Å². The van der Waals surface area contributed by atoms with E-state index in [0.717, 1.165) is 13.0 Å². The third-order valence-electron chi connectivity index (χ3n) is 3.22. The molecular formula is C10H23N3O2S. The van der Waals surface area contributed by atoms with Crippen LogP contribution in [0.2, 0.25) is 0 Å². The lowest BCUT2D eigenvalue weighted by molar-refractivity contribution is 0.206. The summed E-state index contributed by atoms with van der Waals surface area (Å²) in [5.74, 6) is 0.368. The Labute approximate surface area is 99.0 Å². The fourth-order valence-corrected chi connectivity index (χ4v) is 3.83. The zero-order valence-corrected chi connectivity index (χ0v) is 11.4. The second kappa shape index (κ2) is 5.44. The van der Waals surface area contributed by atoms with E-state index in [9.17, 15) is 8.42 Å². The van der Waals surface area contributed by atoms with Crippen molar-refractivity contribution in [3.05, 3.63) is 0 Å². The summed E-state index contributed by atoms with van der Waals surface area (Å²) >= 11 is 0. The van der Waals surface area contributed by atoms with E-state index < -0.39 is 10.2 Å². The normalized spacial score (nSPS) is 29.1. The zero-order chi connectivity index (χ0) is 12.3. The molecule has 16 heavy (non-hydrogen) atoms. The van der Waals surface area contributed by atoms with E-state index in [-0.39, 0.29) is 6.04 Å². The van der Waals surface area contributed by atoms with Crippen molar-refractivity contribution in [2.45, 2.75) is 26.3 Å². The molecule has 0 aliphatic carbocycles. The molecule has 1 N–H and O–H groups in total. The van der Waals surface area contributed by atoms with E-state index >= 15 is 0 Å². The van der Waals surface area contributed by atoms with Crippen LogP contribution in [-0.4, -0.2) is 56.8 Å². The standard InChI is InChI=1S/C10H23N3O2S/c1-5-9(2)13-8-10(6-11-3)7-12(4)16(13,14)15/h9-11H,5-8H2,1-4H3. The van der Waals surface area contributed by atoms with Gasteiger partial charge in [-0.25, -0.2) is 0 Å². The maximum absolute atomic E-state index is 12.1. The van der Waals surface area contributed by atoms with Gasteiger partial charge in [-0.1, -0.05) is 6.92 Å². The Hall–Kier alpha value is -0.170. The zero-order valence-electron chi connectivity index (χ0n) is 10.6. The quantitative estimate of drug-likeness (QED) is 0.769. The maximum atomic E-state index is 12.1. The second-order valence-corrected chi connectivity index (χ2v) is 6.53. The van der Waals surface area contributed by atoms with Gasteiger partial charge in [0.15, 0.2) is 0 Å². The molecule has 0 aromatic carbocycles. The fourth-order valence-electron chi connectivity index (χ4n) is 2.07. The van der Waals surface area contributed by atoms with Crippen LogP contribution < -0.4 is 5.32 Å². The van der Waals surface area contributed by atoms with Gasteiger partial charge < -0.3 is 5.32 Å². The molecule has 96 valence electrons. The highest BCUT2D eigenvalue weighted by Gasteiger charge is 2.37. The Balaban J connectivity index is 2.85. The van der Waals surface area contributed by atoms with Crippen LogP contribution in [0, 0.1) is 5.92 Å². The molecule has 1 fully saturated rings.